The number of hydrogen-bond acceptors (Lipinski definition) is 3. The van der Waals surface area contributed by atoms with Crippen LogP contribution in [0.15, 0.2) is 6.33 Å². The van der Waals surface area contributed by atoms with Gasteiger partial charge in [0, 0.05) is 6.54 Å². The van der Waals surface area contributed by atoms with Crippen LogP contribution < -0.4 is 5.32 Å². The maximum Gasteiger partial charge on any atom is 0.229 e. The number of aryl methyl sites for hydroxylation is 1. The van der Waals surface area contributed by atoms with Gasteiger partial charge in [-0.1, -0.05) is 0 Å². The lowest BCUT2D eigenvalue weighted by Gasteiger charge is -2.12. The molecule has 0 spiro atoms. The van der Waals surface area contributed by atoms with E-state index in [0.29, 0.717) is 13.0 Å². The molecule has 1 amide bonds. The van der Waals surface area contributed by atoms with E-state index in [1.165, 1.54) is 0 Å². The molecule has 5 nitrogen and oxygen atoms in total. The molecule has 2 rings (SSSR count). The number of rotatable bonds is 4. The minimum absolute atomic E-state index is 0.145. The molecule has 1 aromatic heterocycles. The van der Waals surface area contributed by atoms with Crippen molar-refractivity contribution in [1.29, 1.82) is 0 Å². The van der Waals surface area contributed by atoms with E-state index in [0.717, 1.165) is 12.4 Å². The van der Waals surface area contributed by atoms with Crippen molar-refractivity contribution in [2.75, 3.05) is 0 Å². The van der Waals surface area contributed by atoms with Gasteiger partial charge in [-0.05, 0) is 20.3 Å². The average molecular weight is 277 g/mol. The highest BCUT2D eigenvalue weighted by Crippen LogP contribution is 2.63. The van der Waals surface area contributed by atoms with Crippen LogP contribution in [0, 0.1) is 5.41 Å². The van der Waals surface area contributed by atoms with Gasteiger partial charge in [0.15, 0.2) is 5.82 Å². The molecule has 1 aliphatic carbocycles. The third kappa shape index (κ3) is 2.13. The number of alkyl halides is 2. The highest BCUT2D eigenvalue weighted by Gasteiger charge is 2.67. The van der Waals surface area contributed by atoms with Crippen molar-refractivity contribution in [1.82, 2.24) is 20.1 Å². The molecule has 94 valence electrons. The molecule has 0 aliphatic heterocycles. The zero-order chi connectivity index (χ0) is 12.7. The molecule has 1 atom stereocenters. The molecule has 0 radical (unpaired) electrons. The van der Waals surface area contributed by atoms with Crippen molar-refractivity contribution in [2.45, 2.75) is 37.7 Å². The molecular weight excluding hydrogens is 263 g/mol. The number of hydrogen-bond donors (Lipinski definition) is 1. The SMILES string of the molecule is CCn1cnnc1CNC(=O)[C@]1(C)CC1(Cl)Cl. The van der Waals surface area contributed by atoms with Crippen LogP contribution in [0.3, 0.4) is 0 Å². The Balaban J connectivity index is 1.94. The Bertz CT molecular complexity index is 445. The molecule has 1 N–H and O–H groups in total. The molecule has 0 unspecified atom stereocenters. The summed E-state index contributed by atoms with van der Waals surface area (Å²) in [6.07, 6.45) is 2.11. The molecule has 1 heterocycles. The van der Waals surface area contributed by atoms with Gasteiger partial charge < -0.3 is 9.88 Å². The second-order valence-electron chi connectivity index (χ2n) is 4.43. The van der Waals surface area contributed by atoms with Crippen LogP contribution in [0.4, 0.5) is 0 Å². The Kier molecular flexibility index (Phi) is 3.08. The molecule has 1 saturated carbocycles. The zero-order valence-corrected chi connectivity index (χ0v) is 11.2. The van der Waals surface area contributed by atoms with Gasteiger partial charge in [0.25, 0.3) is 0 Å². The summed E-state index contributed by atoms with van der Waals surface area (Å²) >= 11 is 11.9. The number of halogens is 2. The van der Waals surface area contributed by atoms with Gasteiger partial charge in [-0.15, -0.1) is 33.4 Å². The van der Waals surface area contributed by atoms with E-state index >= 15 is 0 Å². The molecule has 17 heavy (non-hydrogen) atoms. The Labute approximate surface area is 109 Å². The molecule has 1 aromatic rings. The third-order valence-electron chi connectivity index (χ3n) is 3.20. The Morgan fingerprint density at radius 1 is 1.65 bits per heavy atom. The third-order valence-corrected chi connectivity index (χ3v) is 4.30. The van der Waals surface area contributed by atoms with E-state index in [4.69, 9.17) is 23.2 Å². The van der Waals surface area contributed by atoms with Crippen LogP contribution >= 0.6 is 23.2 Å². The van der Waals surface area contributed by atoms with E-state index < -0.39 is 9.75 Å². The first-order valence-electron chi connectivity index (χ1n) is 5.43. The first-order chi connectivity index (χ1) is 7.90. The van der Waals surface area contributed by atoms with E-state index in [1.54, 1.807) is 13.3 Å². The summed E-state index contributed by atoms with van der Waals surface area (Å²) in [5, 5.41) is 10.5. The maximum atomic E-state index is 11.9. The second-order valence-corrected chi connectivity index (χ2v) is 5.91. The lowest BCUT2D eigenvalue weighted by Crippen LogP contribution is -2.33. The van der Waals surface area contributed by atoms with E-state index in [2.05, 4.69) is 15.5 Å². The van der Waals surface area contributed by atoms with Crippen molar-refractivity contribution < 1.29 is 4.79 Å². The van der Waals surface area contributed by atoms with Crippen LogP contribution in [0.2, 0.25) is 0 Å². The topological polar surface area (TPSA) is 59.8 Å². The Morgan fingerprint density at radius 2 is 2.29 bits per heavy atom. The summed E-state index contributed by atoms with van der Waals surface area (Å²) in [5.74, 6) is 0.577. The second kappa shape index (κ2) is 4.14. The molecule has 0 aromatic carbocycles. The van der Waals surface area contributed by atoms with Gasteiger partial charge in [0.2, 0.25) is 5.91 Å². The van der Waals surface area contributed by atoms with Gasteiger partial charge in [0.1, 0.15) is 10.7 Å². The summed E-state index contributed by atoms with van der Waals surface area (Å²) in [7, 11) is 0. The largest absolute Gasteiger partial charge is 0.348 e. The summed E-state index contributed by atoms with van der Waals surface area (Å²) in [5.41, 5.74) is -0.687. The molecule has 1 aliphatic rings. The van der Waals surface area contributed by atoms with Crippen molar-refractivity contribution in [2.24, 2.45) is 5.41 Å². The highest BCUT2D eigenvalue weighted by molar-refractivity contribution is 6.53. The predicted molar refractivity (Wildman–Crippen MR) is 64.7 cm³/mol. The predicted octanol–water partition coefficient (Wildman–Crippen LogP) is 1.50. The van der Waals surface area contributed by atoms with Crippen molar-refractivity contribution in [3.8, 4) is 0 Å². The smallest absolute Gasteiger partial charge is 0.229 e. The Morgan fingerprint density at radius 3 is 2.82 bits per heavy atom. The minimum atomic E-state index is -0.935. The average Bonchev–Trinajstić information content (AvgIpc) is 2.67. The monoisotopic (exact) mass is 276 g/mol. The highest BCUT2D eigenvalue weighted by atomic mass is 35.5. The van der Waals surface area contributed by atoms with E-state index in [-0.39, 0.29) is 5.91 Å². The molecular formula is C10H14Cl2N4O. The number of carbonyl (C=O) groups is 1. The summed E-state index contributed by atoms with van der Waals surface area (Å²) in [4.78, 5) is 11.9. The van der Waals surface area contributed by atoms with Crippen LogP contribution in [0.25, 0.3) is 0 Å². The lowest BCUT2D eigenvalue weighted by molar-refractivity contribution is -0.126. The number of carbonyl (C=O) groups excluding carboxylic acids is 1. The fourth-order valence-electron chi connectivity index (χ4n) is 1.68. The Hall–Kier alpha value is -0.810. The number of nitrogens with one attached hydrogen (secondary N) is 1. The first kappa shape index (κ1) is 12.6. The fourth-order valence-corrected chi connectivity index (χ4v) is 2.39. The van der Waals surface area contributed by atoms with Gasteiger partial charge in [-0.25, -0.2) is 0 Å². The van der Waals surface area contributed by atoms with E-state index in [1.807, 2.05) is 11.5 Å². The maximum absolute atomic E-state index is 11.9. The van der Waals surface area contributed by atoms with E-state index in [9.17, 15) is 4.79 Å². The molecule has 1 fully saturated rings. The first-order valence-corrected chi connectivity index (χ1v) is 6.19. The number of amides is 1. The van der Waals surface area contributed by atoms with Gasteiger partial charge in [-0.2, -0.15) is 0 Å². The molecule has 7 heteroatoms. The van der Waals surface area contributed by atoms with Crippen LogP contribution in [0.5, 0.6) is 0 Å². The lowest BCUT2D eigenvalue weighted by atomic mass is 10.1. The number of aromatic nitrogens is 3. The summed E-state index contributed by atoms with van der Waals surface area (Å²) in [6.45, 7) is 4.85. The summed E-state index contributed by atoms with van der Waals surface area (Å²) < 4.78 is 0.930. The summed E-state index contributed by atoms with van der Waals surface area (Å²) in [6, 6.07) is 0. The molecule has 0 bridgehead atoms. The zero-order valence-electron chi connectivity index (χ0n) is 9.70. The quantitative estimate of drug-likeness (QED) is 0.848. The van der Waals surface area contributed by atoms with Gasteiger partial charge in [0.05, 0.1) is 12.0 Å². The van der Waals surface area contributed by atoms with Gasteiger partial charge >= 0.3 is 0 Å². The normalized spacial score (nSPS) is 25.6. The van der Waals surface area contributed by atoms with Crippen LogP contribution in [0.1, 0.15) is 26.1 Å². The standard InChI is InChI=1S/C10H14Cl2N4O/c1-3-16-6-14-15-7(16)4-13-8(17)9(2)5-10(9,11)12/h6H,3-5H2,1-2H3,(H,13,17)/t9-/m0/s1. The van der Waals surface area contributed by atoms with Crippen LogP contribution in [-0.2, 0) is 17.9 Å². The van der Waals surface area contributed by atoms with Crippen molar-refractivity contribution >= 4 is 29.1 Å². The van der Waals surface area contributed by atoms with Crippen LogP contribution in [-0.4, -0.2) is 25.0 Å². The number of nitrogens with zero attached hydrogens (tertiary/aromatic N) is 3. The van der Waals surface area contributed by atoms with Crippen molar-refractivity contribution in [3.05, 3.63) is 12.2 Å². The van der Waals surface area contributed by atoms with Crippen molar-refractivity contribution in [3.63, 3.8) is 0 Å². The minimum Gasteiger partial charge on any atom is -0.348 e. The van der Waals surface area contributed by atoms with Gasteiger partial charge in [-0.3, -0.25) is 4.79 Å². The fraction of sp³-hybridized carbons (Fsp3) is 0.700. The molecule has 0 saturated heterocycles.